The van der Waals surface area contributed by atoms with Gasteiger partial charge in [0, 0.05) is 21.8 Å². The molecule has 0 fully saturated rings. The monoisotopic (exact) mass is 318 g/mol. The number of nitrogens with two attached hydrogens (primary N) is 1. The third kappa shape index (κ3) is 3.65. The maximum atomic E-state index is 12.3. The molecule has 0 bridgehead atoms. The van der Waals surface area contributed by atoms with Crippen LogP contribution in [0.5, 0.6) is 11.5 Å². The highest BCUT2D eigenvalue weighted by Crippen LogP contribution is 2.28. The fourth-order valence-electron chi connectivity index (χ4n) is 1.91. The highest BCUT2D eigenvalue weighted by Gasteiger charge is 2.11. The molecule has 0 aliphatic carbocycles. The van der Waals surface area contributed by atoms with Crippen molar-refractivity contribution in [3.05, 3.63) is 42.0 Å². The molecule has 0 radical (unpaired) electrons. The van der Waals surface area contributed by atoms with Crippen LogP contribution in [0.15, 0.2) is 41.3 Å². The minimum absolute atomic E-state index is 0.249. The van der Waals surface area contributed by atoms with Crippen molar-refractivity contribution >= 4 is 29.9 Å². The quantitative estimate of drug-likeness (QED) is 0.584. The van der Waals surface area contributed by atoms with Gasteiger partial charge in [-0.2, -0.15) is 0 Å². The van der Waals surface area contributed by atoms with Gasteiger partial charge >= 0.3 is 0 Å². The molecule has 0 saturated carbocycles. The topological polar surface area (TPSA) is 73.6 Å². The van der Waals surface area contributed by atoms with E-state index in [1.807, 2.05) is 6.92 Å². The molecule has 0 unspecified atom stereocenters. The number of carbonyl (C=O) groups excluding carboxylic acids is 1. The van der Waals surface area contributed by atoms with Crippen molar-refractivity contribution in [1.82, 2.24) is 0 Å². The molecule has 0 aromatic heterocycles. The van der Waals surface area contributed by atoms with Crippen molar-refractivity contribution in [2.45, 2.75) is 11.8 Å². The second-order valence-corrected chi connectivity index (χ2v) is 5.01. The third-order valence-corrected chi connectivity index (χ3v) is 3.40. The summed E-state index contributed by atoms with van der Waals surface area (Å²) in [7, 11) is 1.56. The fourth-order valence-corrected chi connectivity index (χ4v) is 2.12. The number of hydrogen-bond acceptors (Lipinski definition) is 5. The standard InChI is InChI=1S/C16H18N2O3S/c1-3-21-14-8-10(4-7-13(14)20-2)16(19)18-11-5-6-12(17)15(22)9-11/h4-9,22H,3,17H2,1-2H3,(H,18,19). The van der Waals surface area contributed by atoms with Gasteiger partial charge in [-0.05, 0) is 43.3 Å². The smallest absolute Gasteiger partial charge is 0.255 e. The van der Waals surface area contributed by atoms with Gasteiger partial charge in [0.1, 0.15) is 0 Å². The van der Waals surface area contributed by atoms with Crippen LogP contribution in [0.4, 0.5) is 11.4 Å². The molecule has 0 saturated heterocycles. The Morgan fingerprint density at radius 3 is 2.64 bits per heavy atom. The molecule has 0 atom stereocenters. The average Bonchev–Trinajstić information content (AvgIpc) is 2.51. The maximum absolute atomic E-state index is 12.3. The number of rotatable bonds is 5. The Labute approximate surface area is 134 Å². The summed E-state index contributed by atoms with van der Waals surface area (Å²) in [6.45, 7) is 2.36. The molecule has 1 amide bonds. The predicted octanol–water partition coefficient (Wildman–Crippen LogP) is 3.22. The van der Waals surface area contributed by atoms with E-state index in [-0.39, 0.29) is 5.91 Å². The minimum atomic E-state index is -0.249. The van der Waals surface area contributed by atoms with E-state index in [0.29, 0.717) is 39.9 Å². The van der Waals surface area contributed by atoms with E-state index < -0.39 is 0 Å². The van der Waals surface area contributed by atoms with E-state index in [0.717, 1.165) is 0 Å². The van der Waals surface area contributed by atoms with Gasteiger partial charge < -0.3 is 20.5 Å². The number of anilines is 2. The van der Waals surface area contributed by atoms with Crippen LogP contribution in [-0.4, -0.2) is 19.6 Å². The lowest BCUT2D eigenvalue weighted by Crippen LogP contribution is -2.12. The molecule has 0 aliphatic heterocycles. The van der Waals surface area contributed by atoms with Crippen molar-refractivity contribution in [3.63, 3.8) is 0 Å². The van der Waals surface area contributed by atoms with Crippen molar-refractivity contribution in [2.24, 2.45) is 0 Å². The molecule has 2 aromatic rings. The molecular weight excluding hydrogens is 300 g/mol. The van der Waals surface area contributed by atoms with Gasteiger partial charge in [-0.15, -0.1) is 12.6 Å². The average molecular weight is 318 g/mol. The zero-order valence-corrected chi connectivity index (χ0v) is 13.3. The fraction of sp³-hybridized carbons (Fsp3) is 0.188. The Morgan fingerprint density at radius 1 is 1.23 bits per heavy atom. The van der Waals surface area contributed by atoms with E-state index in [1.165, 1.54) is 0 Å². The van der Waals surface area contributed by atoms with Crippen LogP contribution in [0.25, 0.3) is 0 Å². The van der Waals surface area contributed by atoms with Crippen LogP contribution < -0.4 is 20.5 Å². The van der Waals surface area contributed by atoms with Crippen molar-refractivity contribution in [1.29, 1.82) is 0 Å². The molecule has 5 nitrogen and oxygen atoms in total. The largest absolute Gasteiger partial charge is 0.493 e. The summed E-state index contributed by atoms with van der Waals surface area (Å²) in [6, 6.07) is 10.1. The van der Waals surface area contributed by atoms with Crippen LogP contribution in [0.2, 0.25) is 0 Å². The van der Waals surface area contributed by atoms with Crippen LogP contribution in [0.3, 0.4) is 0 Å². The Kier molecular flexibility index (Phi) is 5.16. The van der Waals surface area contributed by atoms with Crippen LogP contribution in [0, 0.1) is 0 Å². The molecule has 3 N–H and O–H groups in total. The molecule has 116 valence electrons. The molecule has 2 aromatic carbocycles. The lowest BCUT2D eigenvalue weighted by atomic mass is 10.1. The van der Waals surface area contributed by atoms with Gasteiger partial charge in [0.25, 0.3) is 5.91 Å². The number of methoxy groups -OCH3 is 1. The van der Waals surface area contributed by atoms with Crippen LogP contribution in [0.1, 0.15) is 17.3 Å². The highest BCUT2D eigenvalue weighted by molar-refractivity contribution is 7.80. The second kappa shape index (κ2) is 7.09. The second-order valence-electron chi connectivity index (χ2n) is 4.53. The first-order valence-electron chi connectivity index (χ1n) is 6.75. The lowest BCUT2D eigenvalue weighted by molar-refractivity contribution is 0.102. The summed E-state index contributed by atoms with van der Waals surface area (Å²) in [5.74, 6) is 0.870. The number of nitrogens with one attached hydrogen (secondary N) is 1. The van der Waals surface area contributed by atoms with Crippen LogP contribution >= 0.6 is 12.6 Å². The van der Waals surface area contributed by atoms with Gasteiger partial charge in [0.05, 0.1) is 13.7 Å². The summed E-state index contributed by atoms with van der Waals surface area (Å²) in [6.07, 6.45) is 0. The summed E-state index contributed by atoms with van der Waals surface area (Å²) in [4.78, 5) is 12.9. The number of ether oxygens (including phenoxy) is 2. The van der Waals surface area contributed by atoms with Crippen molar-refractivity contribution in [3.8, 4) is 11.5 Å². The normalized spacial score (nSPS) is 10.1. The van der Waals surface area contributed by atoms with E-state index in [4.69, 9.17) is 15.2 Å². The first kappa shape index (κ1) is 16.0. The molecule has 0 heterocycles. The van der Waals surface area contributed by atoms with Gasteiger partial charge in [-0.25, -0.2) is 0 Å². The zero-order valence-electron chi connectivity index (χ0n) is 12.4. The number of amides is 1. The van der Waals surface area contributed by atoms with Gasteiger partial charge in [0.15, 0.2) is 11.5 Å². The van der Waals surface area contributed by atoms with E-state index in [2.05, 4.69) is 17.9 Å². The highest BCUT2D eigenvalue weighted by atomic mass is 32.1. The maximum Gasteiger partial charge on any atom is 0.255 e. The summed E-state index contributed by atoms with van der Waals surface area (Å²) >= 11 is 4.23. The SMILES string of the molecule is CCOc1cc(C(=O)Nc2ccc(N)c(S)c2)ccc1OC. The molecule has 0 aliphatic rings. The number of benzene rings is 2. The Bertz CT molecular complexity index is 689. The third-order valence-electron chi connectivity index (χ3n) is 3.01. The number of hydrogen-bond donors (Lipinski definition) is 3. The molecule has 6 heteroatoms. The summed E-state index contributed by atoms with van der Waals surface area (Å²) in [5, 5.41) is 2.79. The van der Waals surface area contributed by atoms with E-state index in [1.54, 1.807) is 43.5 Å². The molecule has 22 heavy (non-hydrogen) atoms. The van der Waals surface area contributed by atoms with E-state index in [9.17, 15) is 4.79 Å². The Hall–Kier alpha value is -2.34. The van der Waals surface area contributed by atoms with Crippen molar-refractivity contribution in [2.75, 3.05) is 24.8 Å². The number of carbonyl (C=O) groups is 1. The zero-order chi connectivity index (χ0) is 16.1. The van der Waals surface area contributed by atoms with Gasteiger partial charge in [-0.3, -0.25) is 4.79 Å². The minimum Gasteiger partial charge on any atom is -0.493 e. The lowest BCUT2D eigenvalue weighted by Gasteiger charge is -2.11. The summed E-state index contributed by atoms with van der Waals surface area (Å²) < 4.78 is 10.7. The van der Waals surface area contributed by atoms with E-state index >= 15 is 0 Å². The first-order valence-corrected chi connectivity index (χ1v) is 7.20. The van der Waals surface area contributed by atoms with Gasteiger partial charge in [-0.1, -0.05) is 0 Å². The summed E-state index contributed by atoms with van der Waals surface area (Å²) in [5.41, 5.74) is 7.35. The predicted molar refractivity (Wildman–Crippen MR) is 90.2 cm³/mol. The number of nitrogen functional groups attached to an aromatic ring is 1. The first-order chi connectivity index (χ1) is 10.5. The number of thiol groups is 1. The molecular formula is C16H18N2O3S. The van der Waals surface area contributed by atoms with Crippen molar-refractivity contribution < 1.29 is 14.3 Å². The Balaban J connectivity index is 2.21. The molecule has 2 rings (SSSR count). The molecule has 0 spiro atoms. The Morgan fingerprint density at radius 2 is 2.00 bits per heavy atom. The van der Waals surface area contributed by atoms with Gasteiger partial charge in [0.2, 0.25) is 0 Å². The van der Waals surface area contributed by atoms with Crippen LogP contribution in [-0.2, 0) is 0 Å².